The Bertz CT molecular complexity index is 1240. The van der Waals surface area contributed by atoms with Gasteiger partial charge in [-0.3, -0.25) is 9.36 Å². The SMILES string of the molecule is CN(C)CCOc1ccc(-c2nc3cccc4c3n2-c2ccccc2NC4=O)cc1. The van der Waals surface area contributed by atoms with Gasteiger partial charge in [0, 0.05) is 12.1 Å². The highest BCUT2D eigenvalue weighted by Crippen LogP contribution is 2.36. The number of carbonyl (C=O) groups is 1. The fourth-order valence-electron chi connectivity index (χ4n) is 3.75. The molecule has 0 radical (unpaired) electrons. The second-order valence-corrected chi connectivity index (χ2v) is 7.59. The highest BCUT2D eigenvalue weighted by molar-refractivity contribution is 6.14. The number of nitrogens with zero attached hydrogens (tertiary/aromatic N) is 3. The molecule has 150 valence electrons. The third-order valence-corrected chi connectivity index (χ3v) is 5.23. The molecule has 1 aromatic heterocycles. The van der Waals surface area contributed by atoms with Gasteiger partial charge in [0.1, 0.15) is 18.2 Å². The normalized spacial score (nSPS) is 12.6. The lowest BCUT2D eigenvalue weighted by Gasteiger charge is -2.13. The number of para-hydroxylation sites is 3. The molecule has 0 bridgehead atoms. The lowest BCUT2D eigenvalue weighted by molar-refractivity contribution is 0.102. The van der Waals surface area contributed by atoms with Crippen molar-refractivity contribution in [2.24, 2.45) is 0 Å². The van der Waals surface area contributed by atoms with E-state index in [-0.39, 0.29) is 5.91 Å². The summed E-state index contributed by atoms with van der Waals surface area (Å²) in [6, 6.07) is 21.4. The Kier molecular flexibility index (Phi) is 4.48. The second-order valence-electron chi connectivity index (χ2n) is 7.59. The van der Waals surface area contributed by atoms with Crippen molar-refractivity contribution in [3.8, 4) is 22.8 Å². The monoisotopic (exact) mass is 398 g/mol. The second kappa shape index (κ2) is 7.31. The van der Waals surface area contributed by atoms with Crippen molar-refractivity contribution in [2.45, 2.75) is 0 Å². The van der Waals surface area contributed by atoms with Gasteiger partial charge in [0.2, 0.25) is 0 Å². The van der Waals surface area contributed by atoms with Gasteiger partial charge in [0.25, 0.3) is 5.91 Å². The van der Waals surface area contributed by atoms with Crippen LogP contribution >= 0.6 is 0 Å². The van der Waals surface area contributed by atoms with Crippen molar-refractivity contribution in [2.75, 3.05) is 32.6 Å². The standard InChI is InChI=1S/C24H22N4O2/c1-27(2)14-15-30-17-12-10-16(11-13-17)23-25-20-8-5-6-18-22(20)28(23)21-9-4-3-7-19(21)26-24(18)29/h3-13H,14-15H2,1-2H3,(H,26,29). The quantitative estimate of drug-likeness (QED) is 0.547. The molecule has 1 aliphatic heterocycles. The largest absolute Gasteiger partial charge is 0.492 e. The number of hydrogen-bond acceptors (Lipinski definition) is 4. The maximum absolute atomic E-state index is 12.8. The molecule has 5 rings (SSSR count). The first kappa shape index (κ1) is 18.4. The number of amides is 1. The summed E-state index contributed by atoms with van der Waals surface area (Å²) in [7, 11) is 4.05. The highest BCUT2D eigenvalue weighted by Gasteiger charge is 2.25. The van der Waals surface area contributed by atoms with Crippen molar-refractivity contribution >= 4 is 22.6 Å². The summed E-state index contributed by atoms with van der Waals surface area (Å²) in [5.74, 6) is 1.50. The zero-order valence-electron chi connectivity index (χ0n) is 16.9. The average molecular weight is 398 g/mol. The highest BCUT2D eigenvalue weighted by atomic mass is 16.5. The van der Waals surface area contributed by atoms with E-state index in [0.29, 0.717) is 12.2 Å². The number of aromatic nitrogens is 2. The molecule has 0 aliphatic carbocycles. The summed E-state index contributed by atoms with van der Waals surface area (Å²) in [5.41, 5.74) is 4.86. The topological polar surface area (TPSA) is 59.4 Å². The molecule has 0 saturated heterocycles. The Morgan fingerprint density at radius 3 is 2.60 bits per heavy atom. The molecule has 2 heterocycles. The van der Waals surface area contributed by atoms with Crippen LogP contribution in [0.1, 0.15) is 10.4 Å². The third kappa shape index (κ3) is 3.11. The fraction of sp³-hybridized carbons (Fsp3) is 0.167. The van der Waals surface area contributed by atoms with Crippen LogP contribution in [0.25, 0.3) is 28.1 Å². The minimum Gasteiger partial charge on any atom is -0.492 e. The van der Waals surface area contributed by atoms with E-state index in [0.717, 1.165) is 46.1 Å². The molecule has 0 fully saturated rings. The van der Waals surface area contributed by atoms with E-state index in [1.54, 1.807) is 0 Å². The minimum absolute atomic E-state index is 0.122. The summed E-state index contributed by atoms with van der Waals surface area (Å²) >= 11 is 0. The number of likely N-dealkylation sites (N-methyl/N-ethyl adjacent to an activating group) is 1. The molecular weight excluding hydrogens is 376 g/mol. The lowest BCUT2D eigenvalue weighted by Crippen LogP contribution is -2.19. The van der Waals surface area contributed by atoms with Gasteiger partial charge < -0.3 is 15.0 Å². The van der Waals surface area contributed by atoms with Gasteiger partial charge in [0.05, 0.1) is 28.0 Å². The molecule has 0 atom stereocenters. The van der Waals surface area contributed by atoms with Crippen LogP contribution in [0.4, 0.5) is 5.69 Å². The first-order valence-corrected chi connectivity index (χ1v) is 9.92. The number of anilines is 1. The number of ether oxygens (including phenoxy) is 1. The Balaban J connectivity index is 1.63. The van der Waals surface area contributed by atoms with Crippen LogP contribution in [0.2, 0.25) is 0 Å². The molecule has 6 nitrogen and oxygen atoms in total. The Morgan fingerprint density at radius 1 is 1.00 bits per heavy atom. The molecular formula is C24H22N4O2. The van der Waals surface area contributed by atoms with Gasteiger partial charge in [-0.25, -0.2) is 4.98 Å². The molecule has 0 saturated carbocycles. The van der Waals surface area contributed by atoms with Crippen LogP contribution in [-0.4, -0.2) is 47.6 Å². The van der Waals surface area contributed by atoms with Gasteiger partial charge in [-0.05, 0) is 62.6 Å². The van der Waals surface area contributed by atoms with Crippen molar-refractivity contribution in [3.63, 3.8) is 0 Å². The first-order chi connectivity index (χ1) is 14.6. The maximum atomic E-state index is 12.8. The summed E-state index contributed by atoms with van der Waals surface area (Å²) in [6.45, 7) is 1.49. The molecule has 0 unspecified atom stereocenters. The fourth-order valence-corrected chi connectivity index (χ4v) is 3.75. The van der Waals surface area contributed by atoms with E-state index in [4.69, 9.17) is 9.72 Å². The smallest absolute Gasteiger partial charge is 0.257 e. The maximum Gasteiger partial charge on any atom is 0.257 e. The zero-order chi connectivity index (χ0) is 20.7. The van der Waals surface area contributed by atoms with Crippen LogP contribution in [-0.2, 0) is 0 Å². The number of nitrogens with one attached hydrogen (secondary N) is 1. The zero-order valence-corrected chi connectivity index (χ0v) is 16.9. The Morgan fingerprint density at radius 2 is 1.80 bits per heavy atom. The van der Waals surface area contributed by atoms with E-state index in [9.17, 15) is 4.79 Å². The lowest BCUT2D eigenvalue weighted by atomic mass is 10.1. The predicted molar refractivity (Wildman–Crippen MR) is 119 cm³/mol. The van der Waals surface area contributed by atoms with Gasteiger partial charge in [-0.2, -0.15) is 0 Å². The Hall–Kier alpha value is -3.64. The minimum atomic E-state index is -0.122. The number of imidazole rings is 1. The Labute approximate surface area is 174 Å². The molecule has 1 amide bonds. The average Bonchev–Trinajstić information content (AvgIpc) is 3.08. The van der Waals surface area contributed by atoms with E-state index < -0.39 is 0 Å². The van der Waals surface area contributed by atoms with Crippen LogP contribution in [0, 0.1) is 0 Å². The van der Waals surface area contributed by atoms with Crippen molar-refractivity contribution < 1.29 is 9.53 Å². The number of benzene rings is 3. The van der Waals surface area contributed by atoms with Gasteiger partial charge in [0.15, 0.2) is 0 Å². The third-order valence-electron chi connectivity index (χ3n) is 5.23. The number of fused-ring (bicyclic) bond motifs is 2. The first-order valence-electron chi connectivity index (χ1n) is 9.92. The van der Waals surface area contributed by atoms with E-state index in [2.05, 4.69) is 14.8 Å². The van der Waals surface area contributed by atoms with Crippen molar-refractivity contribution in [3.05, 3.63) is 72.3 Å². The van der Waals surface area contributed by atoms with Crippen LogP contribution in [0.15, 0.2) is 66.7 Å². The number of rotatable bonds is 5. The predicted octanol–water partition coefficient (Wildman–Crippen LogP) is 4.20. The summed E-state index contributed by atoms with van der Waals surface area (Å²) in [6.07, 6.45) is 0. The summed E-state index contributed by atoms with van der Waals surface area (Å²) < 4.78 is 7.89. The summed E-state index contributed by atoms with van der Waals surface area (Å²) in [4.78, 5) is 19.8. The van der Waals surface area contributed by atoms with Crippen molar-refractivity contribution in [1.82, 2.24) is 14.5 Å². The van der Waals surface area contributed by atoms with E-state index in [1.807, 2.05) is 80.8 Å². The van der Waals surface area contributed by atoms with Crippen LogP contribution in [0.5, 0.6) is 5.75 Å². The molecule has 4 aromatic rings. The molecule has 1 aliphatic rings. The molecule has 1 N–H and O–H groups in total. The molecule has 6 heteroatoms. The van der Waals surface area contributed by atoms with Crippen LogP contribution in [0.3, 0.4) is 0 Å². The number of hydrogen-bond donors (Lipinski definition) is 1. The molecule has 30 heavy (non-hydrogen) atoms. The van der Waals surface area contributed by atoms with Gasteiger partial charge >= 0.3 is 0 Å². The molecule has 3 aromatic carbocycles. The van der Waals surface area contributed by atoms with E-state index in [1.165, 1.54) is 0 Å². The summed E-state index contributed by atoms with van der Waals surface area (Å²) in [5, 5.41) is 3.02. The van der Waals surface area contributed by atoms with Crippen molar-refractivity contribution in [1.29, 1.82) is 0 Å². The molecule has 0 spiro atoms. The van der Waals surface area contributed by atoms with E-state index >= 15 is 0 Å². The van der Waals surface area contributed by atoms with Gasteiger partial charge in [-0.1, -0.05) is 18.2 Å². The van der Waals surface area contributed by atoms with Gasteiger partial charge in [-0.15, -0.1) is 0 Å². The van der Waals surface area contributed by atoms with Crippen LogP contribution < -0.4 is 10.1 Å². The number of carbonyl (C=O) groups excluding carboxylic acids is 1.